The summed E-state index contributed by atoms with van der Waals surface area (Å²) in [5, 5.41) is 11.2. The second kappa shape index (κ2) is 7.66. The van der Waals surface area contributed by atoms with Crippen LogP contribution in [0.15, 0.2) is 48.5 Å². The number of rotatable bonds is 5. The van der Waals surface area contributed by atoms with Gasteiger partial charge in [0.2, 0.25) is 0 Å². The van der Waals surface area contributed by atoms with Crippen LogP contribution in [0, 0.1) is 0 Å². The maximum absolute atomic E-state index is 10.5. The smallest absolute Gasteiger partial charge is 0.109 e. The molecule has 0 bridgehead atoms. The average molecular weight is 371 g/mol. The molecule has 1 unspecified atom stereocenters. The zero-order valence-electron chi connectivity index (χ0n) is 14.6. The first-order valence-electron chi connectivity index (χ1n) is 9.02. The van der Waals surface area contributed by atoms with Gasteiger partial charge in [0.25, 0.3) is 0 Å². The van der Waals surface area contributed by atoms with Crippen molar-refractivity contribution in [2.45, 2.75) is 12.5 Å². The third-order valence-corrected chi connectivity index (χ3v) is 5.15. The quantitative estimate of drug-likeness (QED) is 0.725. The molecule has 3 aromatic rings. The van der Waals surface area contributed by atoms with Crippen LogP contribution in [-0.2, 0) is 6.42 Å². The summed E-state index contributed by atoms with van der Waals surface area (Å²) in [5.41, 5.74) is 3.18. The number of aliphatic hydroxyl groups is 1. The highest BCUT2D eigenvalue weighted by molar-refractivity contribution is 6.30. The van der Waals surface area contributed by atoms with E-state index in [0.717, 1.165) is 48.1 Å². The zero-order chi connectivity index (χ0) is 17.9. The predicted molar refractivity (Wildman–Crippen MR) is 106 cm³/mol. The Morgan fingerprint density at radius 2 is 1.77 bits per heavy atom. The van der Waals surface area contributed by atoms with E-state index in [2.05, 4.69) is 31.9 Å². The van der Waals surface area contributed by atoms with E-state index in [1.54, 1.807) is 0 Å². The molecule has 1 fully saturated rings. The molecule has 136 valence electrons. The van der Waals surface area contributed by atoms with Crippen molar-refractivity contribution in [1.29, 1.82) is 0 Å². The van der Waals surface area contributed by atoms with Crippen LogP contribution in [0.4, 0.5) is 5.69 Å². The van der Waals surface area contributed by atoms with E-state index in [1.165, 1.54) is 5.69 Å². The van der Waals surface area contributed by atoms with Crippen LogP contribution in [0.1, 0.15) is 5.82 Å². The highest BCUT2D eigenvalue weighted by Gasteiger charge is 2.20. The lowest BCUT2D eigenvalue weighted by Crippen LogP contribution is -2.48. The van der Waals surface area contributed by atoms with Gasteiger partial charge in [-0.3, -0.25) is 4.90 Å². The average Bonchev–Trinajstić information content (AvgIpc) is 3.05. The molecule has 1 atom stereocenters. The molecule has 1 aliphatic rings. The minimum Gasteiger partial charge on any atom is -0.391 e. The Morgan fingerprint density at radius 3 is 2.50 bits per heavy atom. The monoisotopic (exact) mass is 370 g/mol. The van der Waals surface area contributed by atoms with E-state index in [4.69, 9.17) is 11.6 Å². The molecule has 0 amide bonds. The number of para-hydroxylation sites is 2. The van der Waals surface area contributed by atoms with Gasteiger partial charge >= 0.3 is 0 Å². The molecule has 26 heavy (non-hydrogen) atoms. The van der Waals surface area contributed by atoms with Crippen molar-refractivity contribution in [3.63, 3.8) is 0 Å². The normalized spacial score (nSPS) is 16.9. The van der Waals surface area contributed by atoms with Crippen LogP contribution in [0.25, 0.3) is 11.0 Å². The number of aliphatic hydroxyl groups excluding tert-OH is 1. The fraction of sp³-hybridized carbons (Fsp3) is 0.350. The minimum atomic E-state index is -0.419. The summed E-state index contributed by atoms with van der Waals surface area (Å²) < 4.78 is 0. The van der Waals surface area contributed by atoms with E-state index >= 15 is 0 Å². The number of β-amino-alcohol motifs (C(OH)–C–C–N with tert-alkyl or cyclic N) is 1. The number of aromatic nitrogens is 2. The summed E-state index contributed by atoms with van der Waals surface area (Å²) in [6.07, 6.45) is 0.129. The van der Waals surface area contributed by atoms with Gasteiger partial charge in [0.05, 0.1) is 17.1 Å². The van der Waals surface area contributed by atoms with Crippen molar-refractivity contribution in [1.82, 2.24) is 14.9 Å². The van der Waals surface area contributed by atoms with Crippen LogP contribution < -0.4 is 4.90 Å². The van der Waals surface area contributed by atoms with Crippen molar-refractivity contribution in [3.05, 3.63) is 59.4 Å². The third-order valence-electron chi connectivity index (χ3n) is 4.90. The first-order chi connectivity index (χ1) is 12.7. The van der Waals surface area contributed by atoms with Crippen molar-refractivity contribution < 1.29 is 5.11 Å². The van der Waals surface area contributed by atoms with Crippen LogP contribution in [0.3, 0.4) is 0 Å². The molecular formula is C20H23ClN4O. The molecule has 0 saturated carbocycles. The Balaban J connectivity index is 1.29. The van der Waals surface area contributed by atoms with Crippen LogP contribution in [0.2, 0.25) is 5.02 Å². The number of hydrogen-bond acceptors (Lipinski definition) is 4. The van der Waals surface area contributed by atoms with Gasteiger partial charge in [0, 0.05) is 49.9 Å². The van der Waals surface area contributed by atoms with E-state index in [9.17, 15) is 5.11 Å². The number of anilines is 1. The summed E-state index contributed by atoms with van der Waals surface area (Å²) in [4.78, 5) is 12.5. The molecule has 5 nitrogen and oxygen atoms in total. The third kappa shape index (κ3) is 4.01. The van der Waals surface area contributed by atoms with Crippen molar-refractivity contribution in [3.8, 4) is 0 Å². The van der Waals surface area contributed by atoms with Crippen LogP contribution >= 0.6 is 11.6 Å². The van der Waals surface area contributed by atoms with Crippen molar-refractivity contribution >= 4 is 28.3 Å². The fourth-order valence-corrected chi connectivity index (χ4v) is 3.65. The lowest BCUT2D eigenvalue weighted by atomic mass is 10.2. The van der Waals surface area contributed by atoms with E-state index < -0.39 is 6.10 Å². The van der Waals surface area contributed by atoms with E-state index in [1.807, 2.05) is 36.4 Å². The lowest BCUT2D eigenvalue weighted by Gasteiger charge is -2.36. The largest absolute Gasteiger partial charge is 0.391 e. The number of halogens is 1. The summed E-state index contributed by atoms with van der Waals surface area (Å²) >= 11 is 5.96. The Hall–Kier alpha value is -2.08. The van der Waals surface area contributed by atoms with Gasteiger partial charge in [-0.25, -0.2) is 4.98 Å². The molecule has 4 rings (SSSR count). The standard InChI is InChI=1S/C20H23ClN4O/c21-15-5-7-16(8-6-15)25-11-9-24(10-12-25)14-17(26)13-20-22-18-3-1-2-4-19(18)23-20/h1-8,17,26H,9-14H2,(H,22,23). The first-order valence-corrected chi connectivity index (χ1v) is 9.40. The number of nitrogens with one attached hydrogen (secondary N) is 1. The molecule has 2 N–H and O–H groups in total. The Morgan fingerprint density at radius 1 is 1.04 bits per heavy atom. The highest BCUT2D eigenvalue weighted by atomic mass is 35.5. The first kappa shape index (κ1) is 17.3. The second-order valence-corrected chi connectivity index (χ2v) is 7.26. The summed E-state index contributed by atoms with van der Waals surface area (Å²) in [6.45, 7) is 4.48. The molecule has 2 aromatic carbocycles. The van der Waals surface area contributed by atoms with Gasteiger partial charge in [0.15, 0.2) is 0 Å². The molecule has 1 saturated heterocycles. The number of hydrogen-bond donors (Lipinski definition) is 2. The van der Waals surface area contributed by atoms with Crippen LogP contribution in [0.5, 0.6) is 0 Å². The zero-order valence-corrected chi connectivity index (χ0v) is 15.4. The fourth-order valence-electron chi connectivity index (χ4n) is 3.53. The van der Waals surface area contributed by atoms with Gasteiger partial charge in [0.1, 0.15) is 5.82 Å². The van der Waals surface area contributed by atoms with Gasteiger partial charge in [-0.05, 0) is 36.4 Å². The van der Waals surface area contributed by atoms with Crippen molar-refractivity contribution in [2.24, 2.45) is 0 Å². The maximum Gasteiger partial charge on any atom is 0.109 e. The number of fused-ring (bicyclic) bond motifs is 1. The van der Waals surface area contributed by atoms with E-state index in [0.29, 0.717) is 13.0 Å². The Kier molecular flexibility index (Phi) is 5.11. The number of aromatic amines is 1. The molecule has 0 radical (unpaired) electrons. The number of imidazole rings is 1. The molecule has 2 heterocycles. The van der Waals surface area contributed by atoms with Crippen molar-refractivity contribution in [2.75, 3.05) is 37.6 Å². The Labute approximate surface area is 158 Å². The highest BCUT2D eigenvalue weighted by Crippen LogP contribution is 2.19. The van der Waals surface area contributed by atoms with Crippen LogP contribution in [-0.4, -0.2) is 58.8 Å². The summed E-state index contributed by atoms with van der Waals surface area (Å²) in [6, 6.07) is 15.9. The molecule has 0 aliphatic carbocycles. The van der Waals surface area contributed by atoms with Gasteiger partial charge < -0.3 is 15.0 Å². The number of H-pyrrole nitrogens is 1. The number of nitrogens with zero attached hydrogens (tertiary/aromatic N) is 3. The summed E-state index contributed by atoms with van der Waals surface area (Å²) in [5.74, 6) is 0.846. The molecule has 1 aromatic heterocycles. The Bertz CT molecular complexity index is 823. The SMILES string of the molecule is OC(Cc1nc2ccccc2[nH]1)CN1CCN(c2ccc(Cl)cc2)CC1. The predicted octanol–water partition coefficient (Wildman–Crippen LogP) is 2.94. The molecule has 1 aliphatic heterocycles. The van der Waals surface area contributed by atoms with Gasteiger partial charge in [-0.1, -0.05) is 23.7 Å². The summed E-state index contributed by atoms with van der Waals surface area (Å²) in [7, 11) is 0. The van der Waals surface area contributed by atoms with Gasteiger partial charge in [-0.2, -0.15) is 0 Å². The minimum absolute atomic E-state index is 0.419. The molecule has 6 heteroatoms. The lowest BCUT2D eigenvalue weighted by molar-refractivity contribution is 0.108. The molecule has 0 spiro atoms. The van der Waals surface area contributed by atoms with E-state index in [-0.39, 0.29) is 0 Å². The number of piperazine rings is 1. The topological polar surface area (TPSA) is 55.4 Å². The maximum atomic E-state index is 10.5. The second-order valence-electron chi connectivity index (χ2n) is 6.82. The number of benzene rings is 2. The molecular weight excluding hydrogens is 348 g/mol. The van der Waals surface area contributed by atoms with Gasteiger partial charge in [-0.15, -0.1) is 0 Å².